The number of amides is 1. The molecule has 1 N–H and O–H groups in total. The van der Waals surface area contributed by atoms with E-state index in [4.69, 9.17) is 0 Å². The summed E-state index contributed by atoms with van der Waals surface area (Å²) in [6.45, 7) is 9.49. The minimum Gasteiger partial charge on any atom is -0.356 e. The van der Waals surface area contributed by atoms with Crippen molar-refractivity contribution in [2.45, 2.75) is 53.4 Å². The quantitative estimate of drug-likeness (QED) is 0.701. The van der Waals surface area contributed by atoms with E-state index in [1.165, 1.54) is 0 Å². The molecule has 0 aromatic carbocycles. The maximum absolute atomic E-state index is 11.2. The second-order valence-corrected chi connectivity index (χ2v) is 4.76. The van der Waals surface area contributed by atoms with Crippen LogP contribution in [0.4, 0.5) is 0 Å². The molecule has 0 saturated carbocycles. The summed E-state index contributed by atoms with van der Waals surface area (Å²) in [6, 6.07) is 0. The van der Waals surface area contributed by atoms with Crippen molar-refractivity contribution in [2.24, 2.45) is 5.41 Å². The van der Waals surface area contributed by atoms with Crippen molar-refractivity contribution in [3.63, 3.8) is 0 Å². The maximum Gasteiger partial charge on any atom is 0.219 e. The first-order chi connectivity index (χ1) is 5.95. The van der Waals surface area contributed by atoms with Gasteiger partial charge in [-0.05, 0) is 24.7 Å². The van der Waals surface area contributed by atoms with Crippen molar-refractivity contribution < 1.29 is 4.79 Å². The Balaban J connectivity index is 3.37. The molecule has 0 aromatic heterocycles. The smallest absolute Gasteiger partial charge is 0.219 e. The molecule has 13 heavy (non-hydrogen) atoms. The van der Waals surface area contributed by atoms with Crippen LogP contribution in [0.5, 0.6) is 0 Å². The summed E-state index contributed by atoms with van der Waals surface area (Å²) in [5, 5.41) is 2.88. The van der Waals surface area contributed by atoms with Gasteiger partial charge in [-0.2, -0.15) is 0 Å². The Morgan fingerprint density at radius 2 is 1.92 bits per heavy atom. The molecular formula is C11H23NO. The molecule has 0 heterocycles. The minimum absolute atomic E-state index is 0.200. The summed E-state index contributed by atoms with van der Waals surface area (Å²) in [5.41, 5.74) is 0.352. The molecule has 2 heteroatoms. The molecule has 1 amide bonds. The van der Waals surface area contributed by atoms with Crippen molar-refractivity contribution in [3.05, 3.63) is 0 Å². The molecule has 0 rings (SSSR count). The Kier molecular flexibility index (Phi) is 5.76. The van der Waals surface area contributed by atoms with Gasteiger partial charge in [0.15, 0.2) is 0 Å². The Labute approximate surface area is 82.1 Å². The number of nitrogens with one attached hydrogen (secondary N) is 1. The third-order valence-corrected chi connectivity index (χ3v) is 1.90. The lowest BCUT2D eigenvalue weighted by Gasteiger charge is -2.17. The van der Waals surface area contributed by atoms with E-state index in [0.29, 0.717) is 11.8 Å². The van der Waals surface area contributed by atoms with E-state index < -0.39 is 0 Å². The normalized spacial score (nSPS) is 11.4. The van der Waals surface area contributed by atoms with Crippen LogP contribution in [0, 0.1) is 5.41 Å². The average molecular weight is 185 g/mol. The zero-order chi connectivity index (χ0) is 10.3. The molecule has 78 valence electrons. The fraction of sp³-hybridized carbons (Fsp3) is 0.909. The average Bonchev–Trinajstić information content (AvgIpc) is 1.98. The summed E-state index contributed by atoms with van der Waals surface area (Å²) in [7, 11) is 0. The van der Waals surface area contributed by atoms with Crippen LogP contribution in [0.1, 0.15) is 53.4 Å². The lowest BCUT2D eigenvalue weighted by atomic mass is 9.90. The Morgan fingerprint density at radius 3 is 2.38 bits per heavy atom. The van der Waals surface area contributed by atoms with E-state index in [1.807, 2.05) is 0 Å². The number of carbonyl (C=O) groups excluding carboxylic acids is 1. The highest BCUT2D eigenvalue weighted by atomic mass is 16.1. The monoisotopic (exact) mass is 185 g/mol. The van der Waals surface area contributed by atoms with Crippen molar-refractivity contribution >= 4 is 5.91 Å². The molecule has 0 unspecified atom stereocenters. The highest BCUT2D eigenvalue weighted by Crippen LogP contribution is 2.21. The minimum atomic E-state index is 0.200. The zero-order valence-corrected chi connectivity index (χ0v) is 9.44. The van der Waals surface area contributed by atoms with Crippen LogP contribution in [0.25, 0.3) is 0 Å². The van der Waals surface area contributed by atoms with E-state index >= 15 is 0 Å². The van der Waals surface area contributed by atoms with Gasteiger partial charge in [-0.3, -0.25) is 4.79 Å². The van der Waals surface area contributed by atoms with Crippen LogP contribution < -0.4 is 5.32 Å². The van der Waals surface area contributed by atoms with Gasteiger partial charge >= 0.3 is 0 Å². The molecule has 0 fully saturated rings. The van der Waals surface area contributed by atoms with Gasteiger partial charge in [0.25, 0.3) is 0 Å². The molecule has 0 bridgehead atoms. The van der Waals surface area contributed by atoms with E-state index in [0.717, 1.165) is 25.8 Å². The topological polar surface area (TPSA) is 29.1 Å². The standard InChI is InChI=1S/C11H23NO/c1-5-9-12-10(13)7-6-8-11(2,3)4/h5-9H2,1-4H3,(H,12,13). The molecule has 0 atom stereocenters. The Hall–Kier alpha value is -0.530. The van der Waals surface area contributed by atoms with Crippen molar-refractivity contribution in [1.29, 1.82) is 0 Å². The van der Waals surface area contributed by atoms with Gasteiger partial charge in [-0.15, -0.1) is 0 Å². The van der Waals surface area contributed by atoms with Gasteiger partial charge in [-0.1, -0.05) is 27.7 Å². The highest BCUT2D eigenvalue weighted by Gasteiger charge is 2.10. The highest BCUT2D eigenvalue weighted by molar-refractivity contribution is 5.75. The van der Waals surface area contributed by atoms with Crippen LogP contribution in [-0.2, 0) is 4.79 Å². The lowest BCUT2D eigenvalue weighted by Crippen LogP contribution is -2.23. The molecular weight excluding hydrogens is 162 g/mol. The Bertz CT molecular complexity index is 147. The molecule has 0 aliphatic rings. The molecule has 0 aliphatic carbocycles. The predicted molar refractivity (Wildman–Crippen MR) is 56.6 cm³/mol. The van der Waals surface area contributed by atoms with E-state index in [9.17, 15) is 4.79 Å². The van der Waals surface area contributed by atoms with E-state index in [-0.39, 0.29) is 5.91 Å². The SMILES string of the molecule is CCCNC(=O)CCCC(C)(C)C. The van der Waals surface area contributed by atoms with E-state index in [1.54, 1.807) is 0 Å². The lowest BCUT2D eigenvalue weighted by molar-refractivity contribution is -0.121. The third kappa shape index (κ3) is 9.38. The van der Waals surface area contributed by atoms with Crippen LogP contribution in [0.2, 0.25) is 0 Å². The molecule has 0 aromatic rings. The predicted octanol–water partition coefficient (Wildman–Crippen LogP) is 2.73. The van der Waals surface area contributed by atoms with Crippen LogP contribution in [0.15, 0.2) is 0 Å². The van der Waals surface area contributed by atoms with Crippen molar-refractivity contribution in [2.75, 3.05) is 6.54 Å². The maximum atomic E-state index is 11.2. The number of hydrogen-bond acceptors (Lipinski definition) is 1. The first kappa shape index (κ1) is 12.5. The van der Waals surface area contributed by atoms with Crippen LogP contribution >= 0.6 is 0 Å². The second kappa shape index (κ2) is 6.01. The third-order valence-electron chi connectivity index (χ3n) is 1.90. The summed E-state index contributed by atoms with van der Waals surface area (Å²) in [6.07, 6.45) is 3.81. The summed E-state index contributed by atoms with van der Waals surface area (Å²) >= 11 is 0. The van der Waals surface area contributed by atoms with Crippen LogP contribution in [-0.4, -0.2) is 12.5 Å². The number of rotatable bonds is 5. The van der Waals surface area contributed by atoms with E-state index in [2.05, 4.69) is 33.0 Å². The zero-order valence-electron chi connectivity index (χ0n) is 9.44. The largest absolute Gasteiger partial charge is 0.356 e. The van der Waals surface area contributed by atoms with Gasteiger partial charge in [0.05, 0.1) is 0 Å². The van der Waals surface area contributed by atoms with Crippen molar-refractivity contribution in [1.82, 2.24) is 5.32 Å². The number of hydrogen-bond donors (Lipinski definition) is 1. The first-order valence-electron chi connectivity index (χ1n) is 5.22. The fourth-order valence-electron chi connectivity index (χ4n) is 1.13. The molecule has 0 saturated heterocycles. The first-order valence-corrected chi connectivity index (χ1v) is 5.22. The second-order valence-electron chi connectivity index (χ2n) is 4.76. The number of carbonyl (C=O) groups is 1. The molecule has 0 aliphatic heterocycles. The summed E-state index contributed by atoms with van der Waals surface area (Å²) < 4.78 is 0. The van der Waals surface area contributed by atoms with Gasteiger partial charge in [0.2, 0.25) is 5.91 Å². The van der Waals surface area contributed by atoms with Gasteiger partial charge in [-0.25, -0.2) is 0 Å². The van der Waals surface area contributed by atoms with Crippen LogP contribution in [0.3, 0.4) is 0 Å². The molecule has 0 radical (unpaired) electrons. The fourth-order valence-corrected chi connectivity index (χ4v) is 1.13. The molecule has 0 spiro atoms. The summed E-state index contributed by atoms with van der Waals surface area (Å²) in [5.74, 6) is 0.200. The molecule has 2 nitrogen and oxygen atoms in total. The Morgan fingerprint density at radius 1 is 1.31 bits per heavy atom. The van der Waals surface area contributed by atoms with Crippen molar-refractivity contribution in [3.8, 4) is 0 Å². The summed E-state index contributed by atoms with van der Waals surface area (Å²) in [4.78, 5) is 11.2. The van der Waals surface area contributed by atoms with Gasteiger partial charge in [0, 0.05) is 13.0 Å². The van der Waals surface area contributed by atoms with Gasteiger partial charge in [0.1, 0.15) is 0 Å². The van der Waals surface area contributed by atoms with Gasteiger partial charge < -0.3 is 5.32 Å².